The number of hydrogen-bond acceptors (Lipinski definition) is 4. The second kappa shape index (κ2) is 4.53. The summed E-state index contributed by atoms with van der Waals surface area (Å²) < 4.78 is 1.81. The molecule has 1 aliphatic carbocycles. The molecule has 0 aromatic carbocycles. The van der Waals surface area contributed by atoms with Crippen molar-refractivity contribution in [3.05, 3.63) is 29.7 Å². The van der Waals surface area contributed by atoms with Crippen LogP contribution in [0.1, 0.15) is 31.1 Å². The number of nitrogens with one attached hydrogen (secondary N) is 1. The van der Waals surface area contributed by atoms with Gasteiger partial charge < -0.3 is 10.4 Å². The summed E-state index contributed by atoms with van der Waals surface area (Å²) in [7, 11) is 0. The summed E-state index contributed by atoms with van der Waals surface area (Å²) in [4.78, 5) is 15.4. The molecule has 2 heterocycles. The number of anilines is 1. The van der Waals surface area contributed by atoms with Crippen LogP contribution >= 0.6 is 0 Å². The smallest absolute Gasteiger partial charge is 0.352 e. The summed E-state index contributed by atoms with van der Waals surface area (Å²) in [5.41, 5.74) is 0.194. The van der Waals surface area contributed by atoms with E-state index in [-0.39, 0.29) is 11.7 Å². The predicted molar refractivity (Wildman–Crippen MR) is 69.6 cm³/mol. The van der Waals surface area contributed by atoms with Gasteiger partial charge in [0.1, 0.15) is 11.5 Å². The lowest BCUT2D eigenvalue weighted by molar-refractivity contribution is -0.132. The molecule has 0 amide bonds. The molecule has 6 nitrogen and oxygen atoms in total. The van der Waals surface area contributed by atoms with E-state index in [9.17, 15) is 9.90 Å². The van der Waals surface area contributed by atoms with Crippen LogP contribution in [0.5, 0.6) is 0 Å². The third kappa shape index (κ3) is 2.14. The third-order valence-corrected chi connectivity index (χ3v) is 3.63. The minimum atomic E-state index is -0.955. The summed E-state index contributed by atoms with van der Waals surface area (Å²) in [5.74, 6) is 0.598. The molecule has 6 heteroatoms. The topological polar surface area (TPSA) is 80.0 Å². The monoisotopic (exact) mass is 260 g/mol. The van der Waals surface area contributed by atoms with Crippen LogP contribution in [0.15, 0.2) is 23.9 Å². The Balaban J connectivity index is 1.99. The Morgan fingerprint density at radius 3 is 3.05 bits per heavy atom. The quantitative estimate of drug-likeness (QED) is 0.793. The molecule has 2 atom stereocenters. The van der Waals surface area contributed by atoms with Crippen LogP contribution in [0, 0.1) is 12.8 Å². The first-order valence-electron chi connectivity index (χ1n) is 6.45. The molecule has 1 aromatic heterocycles. The van der Waals surface area contributed by atoms with E-state index in [0.717, 1.165) is 19.3 Å². The molecule has 0 saturated carbocycles. The summed E-state index contributed by atoms with van der Waals surface area (Å²) in [5, 5.41) is 16.4. The van der Waals surface area contributed by atoms with E-state index < -0.39 is 5.97 Å². The molecule has 100 valence electrons. The van der Waals surface area contributed by atoms with Crippen LogP contribution in [0.4, 0.5) is 5.95 Å². The van der Waals surface area contributed by atoms with E-state index in [0.29, 0.717) is 17.7 Å². The highest BCUT2D eigenvalue weighted by Gasteiger charge is 2.30. The number of fused-ring (bicyclic) bond motifs is 1. The number of carboxylic acid groups (broad SMARTS) is 1. The number of allylic oxidation sites excluding steroid dienone is 3. The molecule has 1 aromatic rings. The van der Waals surface area contributed by atoms with Gasteiger partial charge in [-0.05, 0) is 38.2 Å². The van der Waals surface area contributed by atoms with Gasteiger partial charge in [0, 0.05) is 0 Å². The van der Waals surface area contributed by atoms with E-state index >= 15 is 0 Å². The van der Waals surface area contributed by atoms with Crippen LogP contribution in [0.25, 0.3) is 0 Å². The zero-order valence-electron chi connectivity index (χ0n) is 10.7. The first-order chi connectivity index (χ1) is 9.15. The van der Waals surface area contributed by atoms with Crippen molar-refractivity contribution < 1.29 is 9.90 Å². The Labute approximate surface area is 110 Å². The first kappa shape index (κ1) is 12.0. The van der Waals surface area contributed by atoms with Gasteiger partial charge >= 0.3 is 5.97 Å². The number of aliphatic carboxylic acids is 1. The maximum atomic E-state index is 11.2. The fraction of sp³-hybridized carbons (Fsp3) is 0.462. The van der Waals surface area contributed by atoms with Crippen LogP contribution < -0.4 is 5.32 Å². The Bertz CT molecular complexity index is 573. The molecule has 1 aliphatic heterocycles. The van der Waals surface area contributed by atoms with Gasteiger partial charge in [0.15, 0.2) is 0 Å². The van der Waals surface area contributed by atoms with Crippen molar-refractivity contribution in [3.63, 3.8) is 0 Å². The predicted octanol–water partition coefficient (Wildman–Crippen LogP) is 1.88. The van der Waals surface area contributed by atoms with Gasteiger partial charge in [0.2, 0.25) is 5.95 Å². The zero-order chi connectivity index (χ0) is 13.4. The number of aryl methyl sites for hydroxylation is 1. The molecular formula is C13H16N4O2. The number of rotatable bonds is 2. The lowest BCUT2D eigenvalue weighted by Crippen LogP contribution is -2.28. The molecule has 0 fully saturated rings. The Morgan fingerprint density at radius 1 is 1.53 bits per heavy atom. The Kier molecular flexibility index (Phi) is 2.85. The molecule has 19 heavy (non-hydrogen) atoms. The number of carboxylic acids is 1. The number of nitrogens with zero attached hydrogens (tertiary/aromatic N) is 3. The van der Waals surface area contributed by atoms with Crippen LogP contribution in [-0.4, -0.2) is 25.8 Å². The van der Waals surface area contributed by atoms with Crippen molar-refractivity contribution in [2.45, 2.75) is 32.2 Å². The fourth-order valence-electron chi connectivity index (χ4n) is 2.71. The summed E-state index contributed by atoms with van der Waals surface area (Å²) in [6, 6.07) is -0.0338. The second-order valence-electron chi connectivity index (χ2n) is 4.97. The van der Waals surface area contributed by atoms with Crippen molar-refractivity contribution in [1.82, 2.24) is 14.8 Å². The first-order valence-corrected chi connectivity index (χ1v) is 6.45. The summed E-state index contributed by atoms with van der Waals surface area (Å²) >= 11 is 0. The normalized spacial score (nSPS) is 25.4. The van der Waals surface area contributed by atoms with E-state index in [1.165, 1.54) is 0 Å². The molecule has 0 saturated heterocycles. The molecule has 2 N–H and O–H groups in total. The number of carbonyl (C=O) groups is 1. The standard InChI is InChI=1S/C13H16N4O2/c1-8-14-13-15-10(12(18)19)7-11(17(13)16-8)9-5-3-2-4-6-9/h2-3,7,9,11H,4-6H2,1H3,(H,18,19)(H,14,15,16)/t9-,11+/m1/s1. The van der Waals surface area contributed by atoms with Gasteiger partial charge in [-0.25, -0.2) is 9.48 Å². The fourth-order valence-corrected chi connectivity index (χ4v) is 2.71. The highest BCUT2D eigenvalue weighted by atomic mass is 16.4. The van der Waals surface area contributed by atoms with Crippen LogP contribution in [0.2, 0.25) is 0 Å². The molecule has 2 aliphatic rings. The SMILES string of the molecule is Cc1nc2n(n1)[C@H]([C@@H]1CC=CCC1)C=C(C(=O)O)N2. The largest absolute Gasteiger partial charge is 0.477 e. The minimum absolute atomic E-state index is 0.0338. The van der Waals surface area contributed by atoms with E-state index in [2.05, 4.69) is 27.6 Å². The van der Waals surface area contributed by atoms with Gasteiger partial charge in [-0.15, -0.1) is 0 Å². The van der Waals surface area contributed by atoms with Crippen LogP contribution in [-0.2, 0) is 4.79 Å². The van der Waals surface area contributed by atoms with Crippen molar-refractivity contribution in [2.75, 3.05) is 5.32 Å². The van der Waals surface area contributed by atoms with E-state index in [1.807, 2.05) is 11.6 Å². The van der Waals surface area contributed by atoms with Crippen molar-refractivity contribution in [3.8, 4) is 0 Å². The highest BCUT2D eigenvalue weighted by Crippen LogP contribution is 2.35. The average Bonchev–Trinajstić information content (AvgIpc) is 2.78. The zero-order valence-corrected chi connectivity index (χ0v) is 10.7. The Hall–Kier alpha value is -2.11. The van der Waals surface area contributed by atoms with Crippen molar-refractivity contribution in [2.24, 2.45) is 5.92 Å². The van der Waals surface area contributed by atoms with E-state index in [4.69, 9.17) is 0 Å². The van der Waals surface area contributed by atoms with Gasteiger partial charge in [0.25, 0.3) is 0 Å². The van der Waals surface area contributed by atoms with Crippen LogP contribution in [0.3, 0.4) is 0 Å². The lowest BCUT2D eigenvalue weighted by atomic mass is 9.87. The molecular weight excluding hydrogens is 244 g/mol. The molecule has 0 radical (unpaired) electrons. The molecule has 3 rings (SSSR count). The van der Waals surface area contributed by atoms with Gasteiger partial charge in [-0.2, -0.15) is 10.1 Å². The third-order valence-electron chi connectivity index (χ3n) is 3.63. The second-order valence-corrected chi connectivity index (χ2v) is 4.97. The lowest BCUT2D eigenvalue weighted by Gasteiger charge is -2.29. The highest BCUT2D eigenvalue weighted by molar-refractivity contribution is 5.90. The van der Waals surface area contributed by atoms with E-state index in [1.54, 1.807) is 6.08 Å². The minimum Gasteiger partial charge on any atom is -0.477 e. The average molecular weight is 260 g/mol. The maximum Gasteiger partial charge on any atom is 0.352 e. The Morgan fingerprint density at radius 2 is 2.37 bits per heavy atom. The molecule has 0 unspecified atom stereocenters. The number of aromatic nitrogens is 3. The molecule has 0 bridgehead atoms. The van der Waals surface area contributed by atoms with Gasteiger partial charge in [-0.1, -0.05) is 12.2 Å². The maximum absolute atomic E-state index is 11.2. The summed E-state index contributed by atoms with van der Waals surface area (Å²) in [6.45, 7) is 1.81. The van der Waals surface area contributed by atoms with Gasteiger partial charge in [0.05, 0.1) is 6.04 Å². The van der Waals surface area contributed by atoms with Gasteiger partial charge in [-0.3, -0.25) is 0 Å². The van der Waals surface area contributed by atoms with Crippen molar-refractivity contribution >= 4 is 11.9 Å². The molecule has 0 spiro atoms. The number of hydrogen-bond donors (Lipinski definition) is 2. The van der Waals surface area contributed by atoms with Crippen molar-refractivity contribution in [1.29, 1.82) is 0 Å². The summed E-state index contributed by atoms with van der Waals surface area (Å²) in [6.07, 6.45) is 9.12.